The van der Waals surface area contributed by atoms with Crippen molar-refractivity contribution in [1.82, 2.24) is 40.5 Å². The fourth-order valence-electron chi connectivity index (χ4n) is 8.64. The fourth-order valence-corrected chi connectivity index (χ4v) is 8.64. The van der Waals surface area contributed by atoms with E-state index in [9.17, 15) is 0 Å². The first-order valence-corrected chi connectivity index (χ1v) is 23.3. The number of pyridine rings is 2. The minimum Gasteiger partial charge on any atom is -0.455 e. The molecular weight excluding hydrogens is 845 g/mol. The van der Waals surface area contributed by atoms with E-state index in [2.05, 4.69) is 78.6 Å². The molecule has 0 atom stereocenters. The normalized spacial score (nSPS) is 14.1. The summed E-state index contributed by atoms with van der Waals surface area (Å²) in [4.78, 5) is 28.8. The number of hydrazine groups is 1. The molecule has 0 spiro atoms. The Morgan fingerprint density at radius 3 is 1.57 bits per heavy atom. The van der Waals surface area contributed by atoms with Gasteiger partial charge in [-0.25, -0.2) is 30.0 Å². The number of fused-ring (bicyclic) bond motifs is 2. The molecule has 2 aliphatic rings. The van der Waals surface area contributed by atoms with E-state index in [0.717, 1.165) is 119 Å². The Labute approximate surface area is 397 Å². The van der Waals surface area contributed by atoms with Gasteiger partial charge < -0.3 is 20.1 Å². The van der Waals surface area contributed by atoms with Crippen LogP contribution in [0.3, 0.4) is 0 Å². The van der Waals surface area contributed by atoms with E-state index in [1.54, 1.807) is 25.0 Å². The first-order valence-electron chi connectivity index (χ1n) is 23.3. The summed E-state index contributed by atoms with van der Waals surface area (Å²) >= 11 is 0. The molecule has 0 bridgehead atoms. The summed E-state index contributed by atoms with van der Waals surface area (Å²) in [7, 11) is 0. The van der Waals surface area contributed by atoms with E-state index in [0.29, 0.717) is 46.5 Å². The third-order valence-corrected chi connectivity index (χ3v) is 12.4. The minimum atomic E-state index is 0.336. The fraction of sp³-hybridized carbons (Fsp3) is 0.250. The lowest BCUT2D eigenvalue weighted by molar-refractivity contribution is 0.447. The molecule has 0 unspecified atom stereocenters. The molecule has 4 aromatic heterocycles. The van der Waals surface area contributed by atoms with Gasteiger partial charge in [0.15, 0.2) is 11.6 Å². The van der Waals surface area contributed by atoms with Crippen LogP contribution in [0.1, 0.15) is 59.3 Å². The van der Waals surface area contributed by atoms with Crippen LogP contribution in [-0.4, -0.2) is 56.1 Å². The number of anilines is 4. The van der Waals surface area contributed by atoms with E-state index in [4.69, 9.17) is 29.4 Å². The van der Waals surface area contributed by atoms with E-state index >= 15 is 0 Å². The summed E-state index contributed by atoms with van der Waals surface area (Å²) in [5.41, 5.74) is 8.41. The highest BCUT2D eigenvalue weighted by molar-refractivity contribution is 5.98. The quantitative estimate of drug-likeness (QED) is 0.106. The van der Waals surface area contributed by atoms with Crippen molar-refractivity contribution in [2.45, 2.75) is 53.4 Å². The van der Waals surface area contributed by atoms with Gasteiger partial charge in [-0.1, -0.05) is 23.7 Å². The molecule has 2 fully saturated rings. The molecule has 0 aliphatic carbocycles. The molecule has 2 N–H and O–H groups in total. The number of ether oxygens (including phenoxy) is 2. The minimum absolute atomic E-state index is 0.336. The summed E-state index contributed by atoms with van der Waals surface area (Å²) in [5, 5.41) is 12.7. The van der Waals surface area contributed by atoms with Gasteiger partial charge >= 0.3 is 0 Å². The highest BCUT2D eigenvalue weighted by Gasteiger charge is 2.29. The third kappa shape index (κ3) is 9.79. The monoisotopic (exact) mass is 896 g/mol. The highest BCUT2D eigenvalue weighted by Crippen LogP contribution is 2.43. The summed E-state index contributed by atoms with van der Waals surface area (Å²) in [6.45, 7) is 11.9. The number of hydrogen-bond acceptors (Lipinski definition) is 12. The molecule has 0 amide bonds. The van der Waals surface area contributed by atoms with Crippen molar-refractivity contribution >= 4 is 44.8 Å². The molecule has 8 aromatic rings. The second-order valence-corrected chi connectivity index (χ2v) is 17.4. The van der Waals surface area contributed by atoms with Crippen LogP contribution in [0.5, 0.6) is 23.0 Å². The number of nitrogens with one attached hydrogen (secondary N) is 2. The molecule has 338 valence electrons. The Morgan fingerprint density at radius 2 is 1.07 bits per heavy atom. The van der Waals surface area contributed by atoms with Crippen LogP contribution in [0.15, 0.2) is 122 Å². The lowest BCUT2D eigenvalue weighted by atomic mass is 9.98. The van der Waals surface area contributed by atoms with Crippen LogP contribution in [0.25, 0.3) is 21.8 Å². The van der Waals surface area contributed by atoms with Gasteiger partial charge in [0.25, 0.3) is 0 Å². The van der Waals surface area contributed by atoms with Gasteiger partial charge in [0, 0.05) is 45.6 Å². The number of benzene rings is 4. The SMILES string of the molecule is Cc1ccc(Oc2ccc(N(c3ncnc4ccc(C#CC5CCNCC5)cc34)N(c3ccc(Oc4cccnc4C)c(C)c3)c3ncnc4ccc(C#CC5CCNCC5)cc34)cc2C)cn1. The van der Waals surface area contributed by atoms with E-state index in [1.807, 2.05) is 100 Å². The maximum atomic E-state index is 6.50. The number of piperidine rings is 2. The van der Waals surface area contributed by atoms with Crippen molar-refractivity contribution in [3.8, 4) is 46.7 Å². The zero-order valence-electron chi connectivity index (χ0n) is 38.8. The molecule has 2 aliphatic heterocycles. The Balaban J connectivity index is 1.18. The summed E-state index contributed by atoms with van der Waals surface area (Å²) in [6.07, 6.45) is 10.8. The molecule has 0 saturated carbocycles. The predicted molar refractivity (Wildman–Crippen MR) is 269 cm³/mol. The highest BCUT2D eigenvalue weighted by atomic mass is 16.5. The lowest BCUT2D eigenvalue weighted by Crippen LogP contribution is -2.37. The number of rotatable bonds is 9. The molecule has 0 radical (unpaired) electrons. The van der Waals surface area contributed by atoms with Gasteiger partial charge in [0.05, 0.1) is 34.3 Å². The van der Waals surface area contributed by atoms with E-state index in [1.165, 1.54) is 0 Å². The summed E-state index contributed by atoms with van der Waals surface area (Å²) in [5.74, 6) is 18.8. The van der Waals surface area contributed by atoms with Gasteiger partial charge in [0.2, 0.25) is 0 Å². The first kappa shape index (κ1) is 44.0. The molecule has 68 heavy (non-hydrogen) atoms. The zero-order chi connectivity index (χ0) is 46.4. The number of aromatic nitrogens is 6. The molecule has 12 heteroatoms. The number of aryl methyl sites for hydroxylation is 4. The largest absolute Gasteiger partial charge is 0.455 e. The van der Waals surface area contributed by atoms with Crippen LogP contribution < -0.4 is 30.1 Å². The smallest absolute Gasteiger partial charge is 0.163 e. The van der Waals surface area contributed by atoms with Crippen LogP contribution in [0.2, 0.25) is 0 Å². The van der Waals surface area contributed by atoms with Crippen LogP contribution in [0, 0.1) is 63.2 Å². The van der Waals surface area contributed by atoms with Crippen molar-refractivity contribution in [3.05, 3.63) is 156 Å². The lowest BCUT2D eigenvalue weighted by Gasteiger charge is -2.38. The van der Waals surface area contributed by atoms with Gasteiger partial charge in [-0.3, -0.25) is 9.97 Å². The van der Waals surface area contributed by atoms with Gasteiger partial charge in [-0.15, -0.1) is 0 Å². The Morgan fingerprint density at radius 1 is 0.529 bits per heavy atom. The maximum absolute atomic E-state index is 6.50. The van der Waals surface area contributed by atoms with Gasteiger partial charge in [0.1, 0.15) is 35.7 Å². The van der Waals surface area contributed by atoms with Crippen molar-refractivity contribution in [1.29, 1.82) is 0 Å². The molecular formula is C56H52N10O2. The van der Waals surface area contributed by atoms with E-state index < -0.39 is 0 Å². The second kappa shape index (κ2) is 19.9. The van der Waals surface area contributed by atoms with Crippen molar-refractivity contribution in [2.75, 3.05) is 36.2 Å². The van der Waals surface area contributed by atoms with Crippen LogP contribution in [0.4, 0.5) is 23.0 Å². The maximum Gasteiger partial charge on any atom is 0.163 e. The zero-order valence-corrected chi connectivity index (χ0v) is 38.8. The Kier molecular flexibility index (Phi) is 12.9. The predicted octanol–water partition coefficient (Wildman–Crippen LogP) is 10.8. The van der Waals surface area contributed by atoms with Crippen molar-refractivity contribution in [3.63, 3.8) is 0 Å². The molecule has 12 nitrogen and oxygen atoms in total. The topological polar surface area (TPSA) is 126 Å². The average Bonchev–Trinajstić information content (AvgIpc) is 3.37. The van der Waals surface area contributed by atoms with Crippen molar-refractivity contribution < 1.29 is 9.47 Å². The standard InChI is InChI=1S/C56H52N10O2/c1-37-30-45(14-19-52(37)67-47-16-7-39(3)60-34-47)65(55-48-32-43(12-17-50(48)61-35-63-55)10-8-41-21-26-57-27-22-41)66(46-15-20-53(38(2)31-46)68-54-6-5-25-59-40(54)4)56-49-33-44(13-18-51(49)62-36-64-56)11-9-42-23-28-58-29-24-42/h5-7,12-20,25,30-36,41-42,57-58H,21-24,26-29H2,1-4H3. The molecule has 6 heterocycles. The van der Waals surface area contributed by atoms with Crippen molar-refractivity contribution in [2.24, 2.45) is 11.8 Å². The molecule has 4 aromatic carbocycles. The average molecular weight is 897 g/mol. The van der Waals surface area contributed by atoms with Crippen LogP contribution in [-0.2, 0) is 0 Å². The third-order valence-electron chi connectivity index (χ3n) is 12.4. The number of hydrogen-bond donors (Lipinski definition) is 2. The van der Waals surface area contributed by atoms with Gasteiger partial charge in [-0.2, -0.15) is 0 Å². The molecule has 2 saturated heterocycles. The number of nitrogens with zero attached hydrogens (tertiary/aromatic N) is 8. The summed E-state index contributed by atoms with van der Waals surface area (Å²) < 4.78 is 12.9. The van der Waals surface area contributed by atoms with E-state index in [-0.39, 0.29) is 0 Å². The second-order valence-electron chi connectivity index (χ2n) is 17.4. The van der Waals surface area contributed by atoms with Gasteiger partial charge in [-0.05, 0) is 188 Å². The molecule has 10 rings (SSSR count). The first-order chi connectivity index (χ1) is 33.3. The Bertz CT molecular complexity index is 3250. The van der Waals surface area contributed by atoms with Crippen LogP contribution >= 0.6 is 0 Å². The summed E-state index contributed by atoms with van der Waals surface area (Å²) in [6, 6.07) is 32.3. The Hall–Kier alpha value is -7.90.